The van der Waals surface area contributed by atoms with Crippen molar-refractivity contribution in [2.24, 2.45) is 5.92 Å². The number of amides is 1. The highest BCUT2D eigenvalue weighted by Crippen LogP contribution is 2.24. The molecule has 35 heavy (non-hydrogen) atoms. The summed E-state index contributed by atoms with van der Waals surface area (Å²) < 4.78 is 21.5. The maximum Gasteiger partial charge on any atom is 0.305 e. The van der Waals surface area contributed by atoms with E-state index >= 15 is 0 Å². The van der Waals surface area contributed by atoms with Gasteiger partial charge in [-0.3, -0.25) is 9.59 Å². The number of benzene rings is 2. The average Bonchev–Trinajstić information content (AvgIpc) is 3.22. The number of aliphatic hydroxyl groups is 1. The molecule has 1 amide bonds. The molecule has 0 radical (unpaired) electrons. The van der Waals surface area contributed by atoms with E-state index in [1.165, 1.54) is 24.3 Å². The molecule has 0 spiro atoms. The Morgan fingerprint density at radius 3 is 2.43 bits per heavy atom. The molecule has 0 saturated heterocycles. The molecule has 0 bridgehead atoms. The highest BCUT2D eigenvalue weighted by Gasteiger charge is 2.28. The second-order valence-corrected chi connectivity index (χ2v) is 8.99. The van der Waals surface area contributed by atoms with Crippen molar-refractivity contribution < 1.29 is 28.9 Å². The van der Waals surface area contributed by atoms with Crippen LogP contribution in [0.1, 0.15) is 43.2 Å². The van der Waals surface area contributed by atoms with E-state index in [9.17, 15) is 24.2 Å². The number of aromatic nitrogens is 2. The maximum atomic E-state index is 14.5. The van der Waals surface area contributed by atoms with Crippen LogP contribution in [0, 0.1) is 11.7 Å². The minimum atomic E-state index is -1.17. The van der Waals surface area contributed by atoms with Gasteiger partial charge in [-0.15, -0.1) is 0 Å². The number of aliphatic carboxylic acids is 1. The molecular weight excluding hydrogens is 453 g/mol. The van der Waals surface area contributed by atoms with Crippen molar-refractivity contribution in [3.63, 3.8) is 0 Å². The number of hydrogen-bond acceptors (Lipinski definition) is 5. The SMILES string of the molecule is CC(C)C(C)(O)COc1cc(C(=O)NC(CC(=O)O)Cc2ccccc2)nn1-c1ccccc1F. The summed E-state index contributed by atoms with van der Waals surface area (Å²) >= 11 is 0. The van der Waals surface area contributed by atoms with Gasteiger partial charge in [-0.1, -0.05) is 56.3 Å². The highest BCUT2D eigenvalue weighted by molar-refractivity contribution is 5.93. The second kappa shape index (κ2) is 11.1. The van der Waals surface area contributed by atoms with E-state index in [0.717, 1.165) is 10.2 Å². The zero-order valence-electron chi connectivity index (χ0n) is 19.9. The van der Waals surface area contributed by atoms with Crippen LogP contribution in [0.5, 0.6) is 5.88 Å². The molecule has 0 fully saturated rings. The van der Waals surface area contributed by atoms with E-state index in [0.29, 0.717) is 6.42 Å². The van der Waals surface area contributed by atoms with E-state index in [4.69, 9.17) is 4.74 Å². The quantitative estimate of drug-likeness (QED) is 0.384. The lowest BCUT2D eigenvalue weighted by Crippen LogP contribution is -2.38. The van der Waals surface area contributed by atoms with Crippen molar-refractivity contribution in [2.75, 3.05) is 6.61 Å². The van der Waals surface area contributed by atoms with Crippen molar-refractivity contribution in [1.29, 1.82) is 0 Å². The van der Waals surface area contributed by atoms with Gasteiger partial charge >= 0.3 is 5.97 Å². The second-order valence-electron chi connectivity index (χ2n) is 8.99. The zero-order valence-corrected chi connectivity index (χ0v) is 19.9. The Morgan fingerprint density at radius 1 is 1.14 bits per heavy atom. The lowest BCUT2D eigenvalue weighted by molar-refractivity contribution is -0.137. The molecule has 2 aromatic carbocycles. The molecule has 0 aliphatic carbocycles. The average molecular weight is 484 g/mol. The monoisotopic (exact) mass is 483 g/mol. The Hall–Kier alpha value is -3.72. The van der Waals surface area contributed by atoms with Crippen molar-refractivity contribution in [2.45, 2.75) is 45.3 Å². The number of para-hydroxylation sites is 1. The first-order valence-corrected chi connectivity index (χ1v) is 11.3. The predicted octanol–water partition coefficient (Wildman–Crippen LogP) is 3.61. The van der Waals surface area contributed by atoms with Crippen LogP contribution in [0.25, 0.3) is 5.69 Å². The fourth-order valence-electron chi connectivity index (χ4n) is 3.30. The van der Waals surface area contributed by atoms with Crippen LogP contribution in [0.3, 0.4) is 0 Å². The van der Waals surface area contributed by atoms with Crippen LogP contribution in [-0.2, 0) is 11.2 Å². The van der Waals surface area contributed by atoms with Crippen LogP contribution in [0.2, 0.25) is 0 Å². The molecule has 9 heteroatoms. The van der Waals surface area contributed by atoms with Gasteiger partial charge in [0.25, 0.3) is 5.91 Å². The number of carbonyl (C=O) groups is 2. The van der Waals surface area contributed by atoms with E-state index in [1.54, 1.807) is 13.0 Å². The third-order valence-electron chi connectivity index (χ3n) is 5.83. The predicted molar refractivity (Wildman–Crippen MR) is 128 cm³/mol. The number of nitrogens with zero attached hydrogens (tertiary/aromatic N) is 2. The van der Waals surface area contributed by atoms with Gasteiger partial charge in [0.2, 0.25) is 5.88 Å². The zero-order chi connectivity index (χ0) is 25.6. The minimum absolute atomic E-state index is 0.0668. The number of carboxylic acid groups (broad SMARTS) is 1. The number of hydrogen-bond donors (Lipinski definition) is 3. The lowest BCUT2D eigenvalue weighted by atomic mass is 9.94. The molecule has 0 aliphatic heterocycles. The van der Waals surface area contributed by atoms with Crippen molar-refractivity contribution in [1.82, 2.24) is 15.1 Å². The number of rotatable bonds is 11. The molecule has 3 aromatic rings. The Labute approximate surface area is 203 Å². The molecule has 0 saturated carbocycles. The molecule has 2 atom stereocenters. The molecule has 186 valence electrons. The molecule has 2 unspecified atom stereocenters. The Bertz CT molecular complexity index is 1160. The van der Waals surface area contributed by atoms with Gasteiger partial charge in [0.05, 0.1) is 12.0 Å². The molecule has 3 N–H and O–H groups in total. The smallest absolute Gasteiger partial charge is 0.305 e. The number of carbonyl (C=O) groups excluding carboxylic acids is 1. The van der Waals surface area contributed by atoms with Gasteiger partial charge in [-0.25, -0.2) is 4.39 Å². The van der Waals surface area contributed by atoms with Gasteiger partial charge in [0.15, 0.2) is 5.69 Å². The summed E-state index contributed by atoms with van der Waals surface area (Å²) in [6.45, 7) is 5.19. The van der Waals surface area contributed by atoms with Gasteiger partial charge in [0, 0.05) is 12.1 Å². The van der Waals surface area contributed by atoms with Crippen molar-refractivity contribution >= 4 is 11.9 Å². The summed E-state index contributed by atoms with van der Waals surface area (Å²) in [5.74, 6) is -2.30. The van der Waals surface area contributed by atoms with E-state index < -0.39 is 29.3 Å². The summed E-state index contributed by atoms with van der Waals surface area (Å²) in [4.78, 5) is 24.4. The third kappa shape index (κ3) is 6.89. The van der Waals surface area contributed by atoms with Crippen molar-refractivity contribution in [3.05, 3.63) is 77.7 Å². The first kappa shape index (κ1) is 25.9. The normalized spacial score (nSPS) is 13.8. The van der Waals surface area contributed by atoms with Crippen LogP contribution in [0.4, 0.5) is 4.39 Å². The molecule has 0 aliphatic rings. The van der Waals surface area contributed by atoms with Crippen LogP contribution in [0.15, 0.2) is 60.7 Å². The van der Waals surface area contributed by atoms with Gasteiger partial charge in [-0.2, -0.15) is 9.78 Å². The Morgan fingerprint density at radius 2 is 1.80 bits per heavy atom. The molecule has 1 heterocycles. The van der Waals surface area contributed by atoms with E-state index in [-0.39, 0.29) is 36.2 Å². The van der Waals surface area contributed by atoms with E-state index in [2.05, 4.69) is 10.4 Å². The number of halogens is 1. The summed E-state index contributed by atoms with van der Waals surface area (Å²) in [6, 6.07) is 15.8. The van der Waals surface area contributed by atoms with Crippen LogP contribution < -0.4 is 10.1 Å². The number of carboxylic acids is 1. The van der Waals surface area contributed by atoms with Crippen LogP contribution in [-0.4, -0.2) is 50.1 Å². The minimum Gasteiger partial charge on any atom is -0.481 e. The maximum absolute atomic E-state index is 14.5. The van der Waals surface area contributed by atoms with E-state index in [1.807, 2.05) is 44.2 Å². The fraction of sp³-hybridized carbons (Fsp3) is 0.346. The topological polar surface area (TPSA) is 114 Å². The highest BCUT2D eigenvalue weighted by atomic mass is 19.1. The number of nitrogens with one attached hydrogen (secondary N) is 1. The summed E-state index contributed by atoms with van der Waals surface area (Å²) in [5, 5.41) is 26.8. The summed E-state index contributed by atoms with van der Waals surface area (Å²) in [7, 11) is 0. The summed E-state index contributed by atoms with van der Waals surface area (Å²) in [6.07, 6.45) is 0.0305. The van der Waals surface area contributed by atoms with Crippen molar-refractivity contribution in [3.8, 4) is 11.6 Å². The first-order valence-electron chi connectivity index (χ1n) is 11.3. The molecule has 8 nitrogen and oxygen atoms in total. The lowest BCUT2D eigenvalue weighted by Gasteiger charge is -2.27. The van der Waals surface area contributed by atoms with Crippen LogP contribution >= 0.6 is 0 Å². The van der Waals surface area contributed by atoms with Gasteiger partial charge < -0.3 is 20.3 Å². The Balaban J connectivity index is 1.88. The standard InChI is InChI=1S/C26H30FN3O5/c1-17(2)26(3,34)16-35-23-15-21(29-30(23)22-12-8-7-11-20(22)27)25(33)28-19(14-24(31)32)13-18-9-5-4-6-10-18/h4-12,15,17,19,34H,13-14,16H2,1-3H3,(H,28,33)(H,31,32). The number of ether oxygens (including phenoxy) is 1. The van der Waals surface area contributed by atoms with Gasteiger partial charge in [-0.05, 0) is 37.0 Å². The van der Waals surface area contributed by atoms with Gasteiger partial charge in [0.1, 0.15) is 18.1 Å². The summed E-state index contributed by atoms with van der Waals surface area (Å²) in [5.41, 5.74) is -0.307. The third-order valence-corrected chi connectivity index (χ3v) is 5.83. The molecular formula is C26H30FN3O5. The first-order chi connectivity index (χ1) is 16.6. The molecule has 1 aromatic heterocycles. The Kier molecular flexibility index (Phi) is 8.24. The fourth-order valence-corrected chi connectivity index (χ4v) is 3.30. The largest absolute Gasteiger partial charge is 0.481 e. The molecule has 3 rings (SSSR count).